The second kappa shape index (κ2) is 5.47. The molecule has 0 saturated heterocycles. The molecule has 0 spiro atoms. The Bertz CT molecular complexity index is 579. The molecule has 0 heterocycles. The Balaban J connectivity index is 1.80. The second-order valence-corrected chi connectivity index (χ2v) is 7.86. The fourth-order valence-electron chi connectivity index (χ4n) is 3.36. The first-order valence-corrected chi connectivity index (χ1v) is 8.89. The second-order valence-electron chi connectivity index (χ2n) is 5.87. The molecule has 2 unspecified atom stereocenters. The number of nitrogens with one attached hydrogen (secondary N) is 1. The summed E-state index contributed by atoms with van der Waals surface area (Å²) < 4.78 is 27.7. The topological polar surface area (TPSA) is 66.4 Å². The number of aliphatic hydroxyl groups excluding tert-OH is 1. The number of rotatable bonds is 3. The minimum Gasteiger partial charge on any atom is -0.391 e. The average Bonchev–Trinajstić information content (AvgIpc) is 2.76. The number of aliphatic hydroxyl groups is 1. The molecule has 4 nitrogen and oxygen atoms in total. The van der Waals surface area contributed by atoms with E-state index in [0.717, 1.165) is 43.2 Å². The molecule has 3 rings (SSSR count). The van der Waals surface area contributed by atoms with Crippen LogP contribution in [0.3, 0.4) is 0 Å². The first-order chi connectivity index (χ1) is 9.58. The van der Waals surface area contributed by atoms with E-state index in [-0.39, 0.29) is 5.25 Å². The van der Waals surface area contributed by atoms with Crippen molar-refractivity contribution >= 4 is 10.0 Å². The molecule has 0 aromatic heterocycles. The zero-order valence-corrected chi connectivity index (χ0v) is 12.3. The number of hydrogen-bond donors (Lipinski definition) is 2. The Morgan fingerprint density at radius 1 is 1.10 bits per heavy atom. The summed E-state index contributed by atoms with van der Waals surface area (Å²) in [7, 11) is -3.35. The van der Waals surface area contributed by atoms with Crippen LogP contribution in [-0.4, -0.2) is 24.9 Å². The fraction of sp³-hybridized carbons (Fsp3) is 0.600. The lowest BCUT2D eigenvalue weighted by molar-refractivity contribution is 0.151. The summed E-state index contributed by atoms with van der Waals surface area (Å²) in [5.41, 5.74) is 1.95. The van der Waals surface area contributed by atoms with Crippen LogP contribution in [0.5, 0.6) is 0 Å². The molecule has 1 aromatic rings. The quantitative estimate of drug-likeness (QED) is 0.895. The first-order valence-electron chi connectivity index (χ1n) is 7.35. The van der Waals surface area contributed by atoms with Gasteiger partial charge in [0.2, 0.25) is 10.0 Å². The van der Waals surface area contributed by atoms with Gasteiger partial charge >= 0.3 is 0 Å². The van der Waals surface area contributed by atoms with Crippen LogP contribution in [0, 0.1) is 0 Å². The van der Waals surface area contributed by atoms with Gasteiger partial charge in [0, 0.05) is 6.42 Å². The largest absolute Gasteiger partial charge is 0.391 e. The third kappa shape index (κ3) is 2.62. The summed E-state index contributed by atoms with van der Waals surface area (Å²) in [6.07, 6.45) is 4.42. The lowest BCUT2D eigenvalue weighted by Crippen LogP contribution is -2.40. The van der Waals surface area contributed by atoms with E-state index in [1.54, 1.807) is 0 Å². The third-order valence-corrected chi connectivity index (χ3v) is 6.42. The molecule has 1 saturated carbocycles. The number of sulfonamides is 1. The lowest BCUT2D eigenvalue weighted by atomic mass is 10.0. The van der Waals surface area contributed by atoms with Gasteiger partial charge in [0.05, 0.1) is 17.4 Å². The summed E-state index contributed by atoms with van der Waals surface area (Å²) >= 11 is 0. The highest BCUT2D eigenvalue weighted by Gasteiger charge is 2.36. The molecule has 0 radical (unpaired) electrons. The van der Waals surface area contributed by atoms with Crippen molar-refractivity contribution in [2.75, 3.05) is 0 Å². The molecule has 2 atom stereocenters. The lowest BCUT2D eigenvalue weighted by Gasteiger charge is -2.25. The van der Waals surface area contributed by atoms with Gasteiger partial charge in [0.15, 0.2) is 0 Å². The van der Waals surface area contributed by atoms with Crippen molar-refractivity contribution in [2.45, 2.75) is 55.9 Å². The molecular formula is C15H21NO3S. The Hall–Kier alpha value is -0.910. The van der Waals surface area contributed by atoms with E-state index < -0.39 is 22.2 Å². The number of hydrogen-bond acceptors (Lipinski definition) is 3. The fourth-order valence-corrected chi connectivity index (χ4v) is 5.15. The standard InChI is InChI=1S/C15H21NO3S/c17-14-10-11-6-4-5-9-13(11)15(14)16-20(18,19)12-7-2-1-3-8-12/h4-6,9,12,14-17H,1-3,7-8,10H2. The maximum atomic E-state index is 12.5. The van der Waals surface area contributed by atoms with Crippen LogP contribution in [0.25, 0.3) is 0 Å². The van der Waals surface area contributed by atoms with Crippen molar-refractivity contribution in [2.24, 2.45) is 0 Å². The van der Waals surface area contributed by atoms with E-state index in [9.17, 15) is 13.5 Å². The third-order valence-electron chi connectivity index (χ3n) is 4.49. The Morgan fingerprint density at radius 3 is 2.55 bits per heavy atom. The molecule has 0 bridgehead atoms. The summed E-state index contributed by atoms with van der Waals surface area (Å²) in [6.45, 7) is 0. The Kier molecular flexibility index (Phi) is 3.84. The predicted molar refractivity (Wildman–Crippen MR) is 77.8 cm³/mol. The van der Waals surface area contributed by atoms with Gasteiger partial charge in [0.25, 0.3) is 0 Å². The summed E-state index contributed by atoms with van der Waals surface area (Å²) in [4.78, 5) is 0. The van der Waals surface area contributed by atoms with Gasteiger partial charge in [-0.3, -0.25) is 0 Å². The summed E-state index contributed by atoms with van der Waals surface area (Å²) in [6, 6.07) is 7.17. The van der Waals surface area contributed by atoms with Crippen LogP contribution in [-0.2, 0) is 16.4 Å². The van der Waals surface area contributed by atoms with Crippen LogP contribution in [0.4, 0.5) is 0 Å². The normalized spacial score (nSPS) is 27.4. The average molecular weight is 295 g/mol. The van der Waals surface area contributed by atoms with E-state index in [0.29, 0.717) is 6.42 Å². The molecule has 20 heavy (non-hydrogen) atoms. The molecule has 0 aliphatic heterocycles. The summed E-state index contributed by atoms with van der Waals surface area (Å²) in [5.74, 6) is 0. The van der Waals surface area contributed by atoms with Crippen molar-refractivity contribution in [3.63, 3.8) is 0 Å². The first kappa shape index (κ1) is 14.0. The van der Waals surface area contributed by atoms with E-state index >= 15 is 0 Å². The monoisotopic (exact) mass is 295 g/mol. The Morgan fingerprint density at radius 2 is 1.80 bits per heavy atom. The van der Waals surface area contributed by atoms with Gasteiger partial charge in [-0.2, -0.15) is 0 Å². The number of benzene rings is 1. The van der Waals surface area contributed by atoms with E-state index in [4.69, 9.17) is 0 Å². The van der Waals surface area contributed by atoms with Gasteiger partial charge in [-0.25, -0.2) is 13.1 Å². The molecule has 110 valence electrons. The van der Waals surface area contributed by atoms with Crippen molar-refractivity contribution < 1.29 is 13.5 Å². The molecule has 2 aliphatic carbocycles. The minimum atomic E-state index is -3.35. The van der Waals surface area contributed by atoms with Crippen molar-refractivity contribution in [3.8, 4) is 0 Å². The molecule has 5 heteroatoms. The maximum absolute atomic E-state index is 12.5. The van der Waals surface area contributed by atoms with Crippen LogP contribution < -0.4 is 4.72 Å². The molecule has 1 aromatic carbocycles. The van der Waals surface area contributed by atoms with E-state index in [1.807, 2.05) is 24.3 Å². The van der Waals surface area contributed by atoms with Crippen molar-refractivity contribution in [3.05, 3.63) is 35.4 Å². The Labute approximate surface area is 120 Å². The van der Waals surface area contributed by atoms with Crippen LogP contribution in [0.2, 0.25) is 0 Å². The smallest absolute Gasteiger partial charge is 0.215 e. The van der Waals surface area contributed by atoms with Gasteiger partial charge in [-0.05, 0) is 24.0 Å². The minimum absolute atomic E-state index is 0.295. The summed E-state index contributed by atoms with van der Waals surface area (Å²) in [5, 5.41) is 9.85. The van der Waals surface area contributed by atoms with E-state index in [1.165, 1.54) is 0 Å². The van der Waals surface area contributed by atoms with Crippen LogP contribution in [0.15, 0.2) is 24.3 Å². The highest BCUT2D eigenvalue weighted by atomic mass is 32.2. The number of fused-ring (bicyclic) bond motifs is 1. The van der Waals surface area contributed by atoms with Gasteiger partial charge in [0.1, 0.15) is 0 Å². The molecular weight excluding hydrogens is 274 g/mol. The predicted octanol–water partition coefficient (Wildman–Crippen LogP) is 1.90. The highest BCUT2D eigenvalue weighted by Crippen LogP contribution is 2.33. The van der Waals surface area contributed by atoms with Crippen LogP contribution in [0.1, 0.15) is 49.3 Å². The molecule has 2 N–H and O–H groups in total. The van der Waals surface area contributed by atoms with Gasteiger partial charge < -0.3 is 5.11 Å². The van der Waals surface area contributed by atoms with E-state index in [2.05, 4.69) is 4.72 Å². The SMILES string of the molecule is O=S(=O)(NC1c2ccccc2CC1O)C1CCCCC1. The van der Waals surface area contributed by atoms with Crippen molar-refractivity contribution in [1.29, 1.82) is 0 Å². The van der Waals surface area contributed by atoms with Gasteiger partial charge in [-0.15, -0.1) is 0 Å². The zero-order valence-electron chi connectivity index (χ0n) is 11.5. The zero-order chi connectivity index (χ0) is 14.2. The molecule has 1 fully saturated rings. The maximum Gasteiger partial charge on any atom is 0.215 e. The molecule has 2 aliphatic rings. The molecule has 0 amide bonds. The highest BCUT2D eigenvalue weighted by molar-refractivity contribution is 7.90. The van der Waals surface area contributed by atoms with Gasteiger partial charge in [-0.1, -0.05) is 43.5 Å². The van der Waals surface area contributed by atoms with Crippen molar-refractivity contribution in [1.82, 2.24) is 4.72 Å². The van der Waals surface area contributed by atoms with Crippen LogP contribution >= 0.6 is 0 Å².